The number of nitriles is 2. The molecular weight excluding hydrogens is 322 g/mol. The molecule has 3 aromatic heterocycles. The zero-order chi connectivity index (χ0) is 17.2. The molecule has 122 valence electrons. The first kappa shape index (κ1) is 14.8. The van der Waals surface area contributed by atoms with Gasteiger partial charge in [-0.25, -0.2) is 9.67 Å². The summed E-state index contributed by atoms with van der Waals surface area (Å²) in [6, 6.07) is 1.84. The smallest absolute Gasteiger partial charge is 0.278 e. The summed E-state index contributed by atoms with van der Waals surface area (Å²) in [5, 5.41) is 26.1. The molecule has 0 aromatic carbocycles. The van der Waals surface area contributed by atoms with Gasteiger partial charge in [-0.3, -0.25) is 9.88 Å². The van der Waals surface area contributed by atoms with Crippen LogP contribution in [0.2, 0.25) is 0 Å². The van der Waals surface area contributed by atoms with Crippen LogP contribution in [0.5, 0.6) is 0 Å². The second-order valence-electron chi connectivity index (χ2n) is 5.46. The molecule has 1 saturated heterocycles. The summed E-state index contributed by atoms with van der Waals surface area (Å²) in [4.78, 5) is 14.5. The maximum atomic E-state index is 9.14. The fourth-order valence-corrected chi connectivity index (χ4v) is 2.70. The molecule has 0 spiro atoms. The lowest BCUT2D eigenvalue weighted by Crippen LogP contribution is -2.17. The topological polar surface area (TPSA) is 133 Å². The molecule has 1 aliphatic rings. The number of rotatable bonds is 3. The van der Waals surface area contributed by atoms with E-state index in [1.165, 1.54) is 23.3 Å². The zero-order valence-electron chi connectivity index (χ0n) is 12.9. The first-order valence-electron chi connectivity index (χ1n) is 7.56. The van der Waals surface area contributed by atoms with E-state index in [0.29, 0.717) is 29.4 Å². The summed E-state index contributed by atoms with van der Waals surface area (Å²) in [6.07, 6.45) is 9.88. The van der Waals surface area contributed by atoms with Crippen LogP contribution < -0.4 is 0 Å². The van der Waals surface area contributed by atoms with Crippen molar-refractivity contribution in [3.8, 4) is 29.7 Å². The lowest BCUT2D eigenvalue weighted by Gasteiger charge is -2.13. The molecule has 4 rings (SSSR count). The minimum absolute atomic E-state index is 0.164. The van der Waals surface area contributed by atoms with E-state index >= 15 is 0 Å². The average Bonchev–Trinajstić information content (AvgIpc) is 3.41. The molecule has 1 atom stereocenters. The number of nitrogens with zero attached hydrogens (tertiary/aromatic N) is 9. The third-order valence-electron chi connectivity index (χ3n) is 3.91. The molecule has 1 fully saturated rings. The maximum absolute atomic E-state index is 9.14. The highest BCUT2D eigenvalue weighted by atomic mass is 16.5. The van der Waals surface area contributed by atoms with Gasteiger partial charge in [0, 0.05) is 6.54 Å². The monoisotopic (exact) mass is 333 g/mol. The summed E-state index contributed by atoms with van der Waals surface area (Å²) in [5.41, 5.74) is 0.817. The molecule has 0 N–H and O–H groups in total. The third-order valence-corrected chi connectivity index (χ3v) is 3.91. The third kappa shape index (κ3) is 2.66. The minimum Gasteiger partial charge on any atom is -0.332 e. The van der Waals surface area contributed by atoms with Crippen LogP contribution >= 0.6 is 0 Å². The Balaban J connectivity index is 1.64. The standard InChI is InChI=1S/C15H11N9O/c16-4-10-5-19-24(8-10)13-7-18-6-11(20-13)15-21-14(22-25-15)12-2-1-3-23(12)9-17/h5-8,12H,1-3H2. The van der Waals surface area contributed by atoms with Crippen LogP contribution in [0.3, 0.4) is 0 Å². The second kappa shape index (κ2) is 6.02. The predicted molar refractivity (Wildman–Crippen MR) is 81.5 cm³/mol. The number of likely N-dealkylation sites (tertiary alicyclic amines) is 1. The SMILES string of the molecule is N#Cc1cnn(-c2cncc(-c3nc(C4CCCN4C#N)no3)n2)c1. The van der Waals surface area contributed by atoms with Crippen molar-refractivity contribution >= 4 is 0 Å². The molecule has 1 unspecified atom stereocenters. The lowest BCUT2D eigenvalue weighted by molar-refractivity contribution is 0.339. The highest BCUT2D eigenvalue weighted by Gasteiger charge is 2.29. The van der Waals surface area contributed by atoms with Gasteiger partial charge in [0.25, 0.3) is 5.89 Å². The van der Waals surface area contributed by atoms with E-state index in [9.17, 15) is 0 Å². The van der Waals surface area contributed by atoms with Crippen LogP contribution in [0, 0.1) is 22.8 Å². The first-order valence-corrected chi connectivity index (χ1v) is 7.56. The Labute approximate surface area is 142 Å². The number of aromatic nitrogens is 6. The molecule has 1 aliphatic heterocycles. The Morgan fingerprint density at radius 1 is 1.20 bits per heavy atom. The molecule has 3 aromatic rings. The molecule has 0 saturated carbocycles. The van der Waals surface area contributed by atoms with Crippen molar-refractivity contribution in [2.24, 2.45) is 0 Å². The molecule has 25 heavy (non-hydrogen) atoms. The van der Waals surface area contributed by atoms with E-state index in [1.54, 1.807) is 11.1 Å². The molecular formula is C15H11N9O. The molecule has 0 aliphatic carbocycles. The van der Waals surface area contributed by atoms with Gasteiger partial charge in [0.2, 0.25) is 0 Å². The predicted octanol–water partition coefficient (Wildman–Crippen LogP) is 1.20. The van der Waals surface area contributed by atoms with Crippen molar-refractivity contribution < 1.29 is 4.52 Å². The highest BCUT2D eigenvalue weighted by molar-refractivity contribution is 5.46. The van der Waals surface area contributed by atoms with Gasteiger partial charge in [0.1, 0.15) is 17.8 Å². The number of hydrogen-bond donors (Lipinski definition) is 0. The van der Waals surface area contributed by atoms with Gasteiger partial charge < -0.3 is 4.52 Å². The van der Waals surface area contributed by atoms with Crippen molar-refractivity contribution in [2.45, 2.75) is 18.9 Å². The van der Waals surface area contributed by atoms with Crippen molar-refractivity contribution in [3.63, 3.8) is 0 Å². The summed E-state index contributed by atoms with van der Waals surface area (Å²) in [5.74, 6) is 1.12. The largest absolute Gasteiger partial charge is 0.332 e. The van der Waals surface area contributed by atoms with E-state index in [-0.39, 0.29) is 11.9 Å². The lowest BCUT2D eigenvalue weighted by atomic mass is 10.2. The Morgan fingerprint density at radius 3 is 2.92 bits per heavy atom. The summed E-state index contributed by atoms with van der Waals surface area (Å²) < 4.78 is 6.74. The zero-order valence-corrected chi connectivity index (χ0v) is 12.9. The van der Waals surface area contributed by atoms with Crippen molar-refractivity contribution in [3.05, 3.63) is 36.2 Å². The molecule has 4 heterocycles. The average molecular weight is 333 g/mol. The van der Waals surface area contributed by atoms with Crippen LogP contribution in [0.15, 0.2) is 29.3 Å². The van der Waals surface area contributed by atoms with Crippen LogP contribution in [-0.4, -0.2) is 41.3 Å². The van der Waals surface area contributed by atoms with Crippen molar-refractivity contribution in [1.82, 2.24) is 34.8 Å². The van der Waals surface area contributed by atoms with Crippen molar-refractivity contribution in [1.29, 1.82) is 10.5 Å². The minimum atomic E-state index is -0.164. The van der Waals surface area contributed by atoms with Gasteiger partial charge in [-0.05, 0) is 12.8 Å². The quantitative estimate of drug-likeness (QED) is 0.648. The van der Waals surface area contributed by atoms with Crippen LogP contribution in [0.25, 0.3) is 17.4 Å². The fourth-order valence-electron chi connectivity index (χ4n) is 2.70. The van der Waals surface area contributed by atoms with E-state index in [1.807, 2.05) is 6.07 Å². The van der Waals surface area contributed by atoms with E-state index in [2.05, 4.69) is 31.4 Å². The van der Waals surface area contributed by atoms with Gasteiger partial charge in [0.15, 0.2) is 17.8 Å². The maximum Gasteiger partial charge on any atom is 0.278 e. The molecule has 10 nitrogen and oxygen atoms in total. The van der Waals surface area contributed by atoms with Gasteiger partial charge in [-0.2, -0.15) is 20.6 Å². The van der Waals surface area contributed by atoms with Gasteiger partial charge in [-0.15, -0.1) is 0 Å². The molecule has 0 amide bonds. The van der Waals surface area contributed by atoms with Crippen LogP contribution in [0.4, 0.5) is 0 Å². The number of hydrogen-bond acceptors (Lipinski definition) is 9. The Kier molecular flexibility index (Phi) is 3.56. The van der Waals surface area contributed by atoms with Gasteiger partial charge in [0.05, 0.1) is 30.4 Å². The Hall–Kier alpha value is -3.79. The summed E-state index contributed by atoms with van der Waals surface area (Å²) >= 11 is 0. The molecule has 0 bridgehead atoms. The second-order valence-corrected chi connectivity index (χ2v) is 5.46. The Bertz CT molecular complexity index is 993. The summed E-state index contributed by atoms with van der Waals surface area (Å²) in [6.45, 7) is 0.695. The van der Waals surface area contributed by atoms with Crippen molar-refractivity contribution in [2.75, 3.05) is 6.54 Å². The van der Waals surface area contributed by atoms with E-state index < -0.39 is 0 Å². The molecule has 0 radical (unpaired) electrons. The first-order chi connectivity index (χ1) is 12.3. The normalized spacial score (nSPS) is 16.6. The van der Waals surface area contributed by atoms with E-state index in [4.69, 9.17) is 15.0 Å². The van der Waals surface area contributed by atoms with Gasteiger partial charge >= 0.3 is 0 Å². The molecule has 10 heteroatoms. The fraction of sp³-hybridized carbons (Fsp3) is 0.267. The summed E-state index contributed by atoms with van der Waals surface area (Å²) in [7, 11) is 0. The van der Waals surface area contributed by atoms with E-state index in [0.717, 1.165) is 12.8 Å². The Morgan fingerprint density at radius 2 is 2.12 bits per heavy atom. The van der Waals surface area contributed by atoms with Crippen LogP contribution in [-0.2, 0) is 0 Å². The van der Waals surface area contributed by atoms with Crippen LogP contribution in [0.1, 0.15) is 30.3 Å². The highest BCUT2D eigenvalue weighted by Crippen LogP contribution is 2.30. The van der Waals surface area contributed by atoms with Gasteiger partial charge in [-0.1, -0.05) is 5.16 Å².